The Kier molecular flexibility index (Phi) is 6.65. The monoisotopic (exact) mass is 486 g/mol. The molecule has 0 aliphatic carbocycles. The van der Waals surface area contributed by atoms with E-state index in [-0.39, 0.29) is 23.8 Å². The number of rotatable bonds is 6. The first-order valence-corrected chi connectivity index (χ1v) is 11.9. The molecule has 4 rings (SSSR count). The number of nitrogens with zero attached hydrogens (tertiary/aromatic N) is 4. The molecule has 180 valence electrons. The molecule has 1 aliphatic heterocycles. The molecule has 1 aliphatic rings. The number of pyridine rings is 1. The van der Waals surface area contributed by atoms with E-state index in [4.69, 9.17) is 4.74 Å². The van der Waals surface area contributed by atoms with Crippen LogP contribution in [0, 0.1) is 11.7 Å². The van der Waals surface area contributed by atoms with Crippen LogP contribution in [0.15, 0.2) is 29.9 Å². The summed E-state index contributed by atoms with van der Waals surface area (Å²) in [6.45, 7) is 8.73. The van der Waals surface area contributed by atoms with Gasteiger partial charge in [-0.3, -0.25) is 9.78 Å². The van der Waals surface area contributed by atoms with Crippen LogP contribution in [-0.2, 0) is 4.74 Å². The van der Waals surface area contributed by atoms with Gasteiger partial charge in [-0.1, -0.05) is 0 Å². The number of hydrogen-bond donors (Lipinski definition) is 2. The lowest BCUT2D eigenvalue weighted by molar-refractivity contribution is 0.0419. The Morgan fingerprint density at radius 1 is 1.29 bits per heavy atom. The Labute approximate surface area is 200 Å². The summed E-state index contributed by atoms with van der Waals surface area (Å²) in [7, 11) is 0. The fraction of sp³-hybridized carbons (Fsp3) is 0.435. The lowest BCUT2D eigenvalue weighted by Gasteiger charge is -2.39. The van der Waals surface area contributed by atoms with Gasteiger partial charge in [-0.25, -0.2) is 19.2 Å². The van der Waals surface area contributed by atoms with E-state index in [9.17, 15) is 14.0 Å². The largest absolute Gasteiger partial charge is 0.444 e. The molecule has 3 aromatic rings. The number of thiophene rings is 1. The van der Waals surface area contributed by atoms with Gasteiger partial charge >= 0.3 is 6.09 Å². The predicted molar refractivity (Wildman–Crippen MR) is 127 cm³/mol. The molecule has 1 atom stereocenters. The third-order valence-corrected chi connectivity index (χ3v) is 6.17. The number of amides is 2. The molecule has 2 N–H and O–H groups in total. The summed E-state index contributed by atoms with van der Waals surface area (Å²) < 4.78 is 19.5. The Bertz CT molecular complexity index is 1200. The average Bonchev–Trinajstić information content (AvgIpc) is 3.19. The van der Waals surface area contributed by atoms with Crippen molar-refractivity contribution in [3.05, 3.63) is 47.0 Å². The minimum atomic E-state index is -0.556. The molecule has 0 unspecified atom stereocenters. The van der Waals surface area contributed by atoms with Gasteiger partial charge in [0, 0.05) is 31.7 Å². The summed E-state index contributed by atoms with van der Waals surface area (Å²) in [4.78, 5) is 39.6. The van der Waals surface area contributed by atoms with Crippen LogP contribution in [0.2, 0.25) is 0 Å². The minimum Gasteiger partial charge on any atom is -0.444 e. The van der Waals surface area contributed by atoms with E-state index in [0.717, 1.165) is 6.20 Å². The normalized spacial score (nSPS) is 15.0. The van der Waals surface area contributed by atoms with E-state index >= 15 is 0 Å². The average molecular weight is 487 g/mol. The Hall–Kier alpha value is -3.34. The van der Waals surface area contributed by atoms with E-state index in [1.165, 1.54) is 17.4 Å². The molecule has 0 spiro atoms. The molecule has 0 aromatic carbocycles. The first-order valence-electron chi connectivity index (χ1n) is 11.0. The Morgan fingerprint density at radius 2 is 2.06 bits per heavy atom. The van der Waals surface area contributed by atoms with Crippen molar-refractivity contribution in [2.24, 2.45) is 5.92 Å². The van der Waals surface area contributed by atoms with E-state index in [1.54, 1.807) is 11.1 Å². The molecule has 4 heterocycles. The van der Waals surface area contributed by atoms with Crippen LogP contribution in [0.25, 0.3) is 10.2 Å². The standard InChI is InChI=1S/C23H27FN6O3S/c1-13(15-7-16(24)10-25-9-15)27-21-28-17-5-6-34-19(17)18(29-21)20(31)30-11-14(12-30)8-26-22(32)33-23(2,3)4/h5-7,9-10,13-14H,8,11-12H2,1-4H3,(H,26,32)(H,27,28,29)/t13-/m0/s1. The van der Waals surface area contributed by atoms with Crippen molar-refractivity contribution in [2.75, 3.05) is 25.0 Å². The third kappa shape index (κ3) is 5.58. The van der Waals surface area contributed by atoms with Crippen LogP contribution < -0.4 is 10.6 Å². The van der Waals surface area contributed by atoms with Crippen LogP contribution >= 0.6 is 11.3 Å². The summed E-state index contributed by atoms with van der Waals surface area (Å²) >= 11 is 1.41. The van der Waals surface area contributed by atoms with Crippen LogP contribution in [0.5, 0.6) is 0 Å². The number of carbonyl (C=O) groups excluding carboxylic acids is 2. The first kappa shape index (κ1) is 23.8. The molecule has 1 fully saturated rings. The molecule has 9 nitrogen and oxygen atoms in total. The number of likely N-dealkylation sites (tertiary alicyclic amines) is 1. The van der Waals surface area contributed by atoms with Gasteiger partial charge in [-0.05, 0) is 50.8 Å². The summed E-state index contributed by atoms with van der Waals surface area (Å²) in [6, 6.07) is 2.92. The van der Waals surface area contributed by atoms with E-state index in [2.05, 4.69) is 25.6 Å². The molecule has 3 aromatic heterocycles. The van der Waals surface area contributed by atoms with Crippen LogP contribution in [-0.4, -0.2) is 57.1 Å². The summed E-state index contributed by atoms with van der Waals surface area (Å²) in [5, 5.41) is 7.76. The van der Waals surface area contributed by atoms with Crippen molar-refractivity contribution < 1.29 is 18.7 Å². The van der Waals surface area contributed by atoms with Gasteiger partial charge in [-0.15, -0.1) is 11.3 Å². The van der Waals surface area contributed by atoms with E-state index in [0.29, 0.717) is 41.1 Å². The van der Waals surface area contributed by atoms with E-state index < -0.39 is 17.5 Å². The van der Waals surface area contributed by atoms with Crippen LogP contribution in [0.4, 0.5) is 15.1 Å². The zero-order valence-corrected chi connectivity index (χ0v) is 20.3. The second-order valence-corrected chi connectivity index (χ2v) is 10.2. The third-order valence-electron chi connectivity index (χ3n) is 5.26. The number of aromatic nitrogens is 3. The lowest BCUT2D eigenvalue weighted by atomic mass is 9.99. The topological polar surface area (TPSA) is 109 Å². The molecule has 34 heavy (non-hydrogen) atoms. The number of anilines is 1. The van der Waals surface area contributed by atoms with Crippen molar-refractivity contribution in [1.82, 2.24) is 25.2 Å². The number of hydrogen-bond acceptors (Lipinski definition) is 8. The molecule has 2 amide bonds. The zero-order valence-electron chi connectivity index (χ0n) is 19.5. The molecule has 0 radical (unpaired) electrons. The fourth-order valence-corrected chi connectivity index (χ4v) is 4.38. The minimum absolute atomic E-state index is 0.148. The van der Waals surface area contributed by atoms with Gasteiger partial charge in [0.1, 0.15) is 11.4 Å². The highest BCUT2D eigenvalue weighted by molar-refractivity contribution is 7.17. The van der Waals surface area contributed by atoms with E-state index in [1.807, 2.05) is 39.1 Å². The number of alkyl carbamates (subject to hydrolysis) is 1. The van der Waals surface area contributed by atoms with Crippen molar-refractivity contribution in [1.29, 1.82) is 0 Å². The number of fused-ring (bicyclic) bond motifs is 1. The van der Waals surface area contributed by atoms with Gasteiger partial charge in [0.2, 0.25) is 5.95 Å². The highest BCUT2D eigenvalue weighted by Crippen LogP contribution is 2.28. The zero-order chi connectivity index (χ0) is 24.5. The van der Waals surface area contributed by atoms with Crippen molar-refractivity contribution in [2.45, 2.75) is 39.3 Å². The molecule has 0 saturated carbocycles. The van der Waals surface area contributed by atoms with Gasteiger partial charge < -0.3 is 20.3 Å². The maximum absolute atomic E-state index is 13.5. The van der Waals surface area contributed by atoms with Crippen molar-refractivity contribution in [3.63, 3.8) is 0 Å². The number of ether oxygens (including phenoxy) is 1. The van der Waals surface area contributed by atoms with Gasteiger partial charge in [0.15, 0.2) is 5.69 Å². The van der Waals surface area contributed by atoms with Gasteiger partial charge in [0.25, 0.3) is 5.91 Å². The maximum Gasteiger partial charge on any atom is 0.407 e. The molecule has 1 saturated heterocycles. The highest BCUT2D eigenvalue weighted by atomic mass is 32.1. The Balaban J connectivity index is 1.41. The quantitative estimate of drug-likeness (QED) is 0.542. The summed E-state index contributed by atoms with van der Waals surface area (Å²) in [6.07, 6.45) is 2.25. The number of carbonyl (C=O) groups is 2. The smallest absolute Gasteiger partial charge is 0.407 e. The maximum atomic E-state index is 13.5. The fourth-order valence-electron chi connectivity index (χ4n) is 3.57. The Morgan fingerprint density at radius 3 is 2.76 bits per heavy atom. The van der Waals surface area contributed by atoms with Gasteiger partial charge in [0.05, 0.1) is 22.5 Å². The number of halogens is 1. The van der Waals surface area contributed by atoms with Crippen molar-refractivity contribution in [3.8, 4) is 0 Å². The van der Waals surface area contributed by atoms with Crippen molar-refractivity contribution >= 4 is 39.5 Å². The second-order valence-electron chi connectivity index (χ2n) is 9.29. The number of nitrogens with one attached hydrogen (secondary N) is 2. The highest BCUT2D eigenvalue weighted by Gasteiger charge is 2.33. The second kappa shape index (κ2) is 9.49. The molecular weight excluding hydrogens is 459 g/mol. The lowest BCUT2D eigenvalue weighted by Crippen LogP contribution is -2.54. The predicted octanol–water partition coefficient (Wildman–Crippen LogP) is 4.00. The SMILES string of the molecule is C[C@H](Nc1nc(C(=O)N2CC(CNC(=O)OC(C)(C)C)C2)c2sccc2n1)c1cncc(F)c1. The van der Waals surface area contributed by atoms with Crippen LogP contribution in [0.3, 0.4) is 0 Å². The molecule has 11 heteroatoms. The molecule has 0 bridgehead atoms. The summed E-state index contributed by atoms with van der Waals surface area (Å²) in [5.74, 6) is -0.180. The van der Waals surface area contributed by atoms with Gasteiger partial charge in [-0.2, -0.15) is 0 Å². The molecular formula is C23H27FN6O3S. The van der Waals surface area contributed by atoms with Crippen LogP contribution in [0.1, 0.15) is 49.8 Å². The first-order chi connectivity index (χ1) is 16.1. The summed E-state index contributed by atoms with van der Waals surface area (Å²) in [5.41, 5.74) is 1.08.